The van der Waals surface area contributed by atoms with Crippen LogP contribution in [0.2, 0.25) is 0 Å². The number of benzene rings is 1. The first-order valence-electron chi connectivity index (χ1n) is 6.03. The summed E-state index contributed by atoms with van der Waals surface area (Å²) in [6.45, 7) is 2.73. The lowest BCUT2D eigenvalue weighted by Crippen LogP contribution is -2.43. The monoisotopic (exact) mass is 311 g/mol. The van der Waals surface area contributed by atoms with Crippen LogP contribution in [0.25, 0.3) is 0 Å². The molecule has 5 heteroatoms. The standard InChI is InChI=1S/C13H18BrN3O/c1-8-5-12(10(14)6-11(8)15)16-9-3-4-13(18)17(2)7-9/h5-6,9,16H,3-4,7,15H2,1-2H3. The SMILES string of the molecule is Cc1cc(NC2CCC(=O)N(C)C2)c(Br)cc1N. The number of likely N-dealkylation sites (N-methyl/N-ethyl adjacent to an activating group) is 1. The molecule has 4 nitrogen and oxygen atoms in total. The van der Waals surface area contributed by atoms with Gasteiger partial charge in [-0.3, -0.25) is 4.79 Å². The molecule has 0 aromatic heterocycles. The Bertz CT molecular complexity index is 476. The van der Waals surface area contributed by atoms with Gasteiger partial charge in [0.05, 0.1) is 0 Å². The minimum Gasteiger partial charge on any atom is -0.398 e. The molecule has 1 saturated heterocycles. The maximum absolute atomic E-state index is 11.4. The van der Waals surface area contributed by atoms with E-state index in [0.717, 1.165) is 34.4 Å². The Morgan fingerprint density at radius 1 is 1.50 bits per heavy atom. The Labute approximate surface area is 116 Å². The highest BCUT2D eigenvalue weighted by molar-refractivity contribution is 9.10. The number of hydrogen-bond acceptors (Lipinski definition) is 3. The zero-order chi connectivity index (χ0) is 13.3. The van der Waals surface area contributed by atoms with Crippen molar-refractivity contribution < 1.29 is 4.79 Å². The first-order valence-corrected chi connectivity index (χ1v) is 6.83. The minimum absolute atomic E-state index is 0.223. The third-order valence-electron chi connectivity index (χ3n) is 3.34. The van der Waals surface area contributed by atoms with E-state index in [9.17, 15) is 4.79 Å². The number of aryl methyl sites for hydroxylation is 1. The van der Waals surface area contributed by atoms with Crippen LogP contribution < -0.4 is 11.1 Å². The number of halogens is 1. The van der Waals surface area contributed by atoms with E-state index in [0.29, 0.717) is 12.5 Å². The molecular formula is C13H18BrN3O. The number of nitrogens with zero attached hydrogens (tertiary/aromatic N) is 1. The molecular weight excluding hydrogens is 294 g/mol. The van der Waals surface area contributed by atoms with Crippen molar-refractivity contribution in [1.29, 1.82) is 0 Å². The van der Waals surface area contributed by atoms with E-state index in [4.69, 9.17) is 5.73 Å². The second-order valence-electron chi connectivity index (χ2n) is 4.84. The molecule has 1 heterocycles. The lowest BCUT2D eigenvalue weighted by atomic mass is 10.0. The van der Waals surface area contributed by atoms with Gasteiger partial charge in [0.25, 0.3) is 0 Å². The lowest BCUT2D eigenvalue weighted by molar-refractivity contribution is -0.132. The molecule has 18 heavy (non-hydrogen) atoms. The second-order valence-corrected chi connectivity index (χ2v) is 5.70. The van der Waals surface area contributed by atoms with Gasteiger partial charge in [0.2, 0.25) is 5.91 Å². The number of hydrogen-bond donors (Lipinski definition) is 2. The number of nitrogens with two attached hydrogens (primary N) is 1. The van der Waals surface area contributed by atoms with E-state index in [1.807, 2.05) is 26.1 Å². The van der Waals surface area contributed by atoms with Gasteiger partial charge in [-0.2, -0.15) is 0 Å². The average Bonchev–Trinajstić information content (AvgIpc) is 2.31. The third kappa shape index (κ3) is 2.77. The number of likely N-dealkylation sites (tertiary alicyclic amines) is 1. The predicted molar refractivity (Wildman–Crippen MR) is 77.6 cm³/mol. The summed E-state index contributed by atoms with van der Waals surface area (Å²) in [5.74, 6) is 0.223. The van der Waals surface area contributed by atoms with Gasteiger partial charge in [-0.15, -0.1) is 0 Å². The van der Waals surface area contributed by atoms with Crippen molar-refractivity contribution in [3.8, 4) is 0 Å². The largest absolute Gasteiger partial charge is 0.398 e. The van der Waals surface area contributed by atoms with E-state index in [2.05, 4.69) is 21.2 Å². The van der Waals surface area contributed by atoms with Gasteiger partial charge in [0.15, 0.2) is 0 Å². The van der Waals surface area contributed by atoms with Crippen LogP contribution in [0.3, 0.4) is 0 Å². The minimum atomic E-state index is 0.223. The predicted octanol–water partition coefficient (Wildman–Crippen LogP) is 2.37. The molecule has 0 saturated carbocycles. The average molecular weight is 312 g/mol. The molecule has 0 radical (unpaired) electrons. The van der Waals surface area contributed by atoms with Gasteiger partial charge < -0.3 is 16.0 Å². The summed E-state index contributed by atoms with van der Waals surface area (Å²) in [5, 5.41) is 3.47. The molecule has 1 unspecified atom stereocenters. The number of rotatable bonds is 2. The van der Waals surface area contributed by atoms with Crippen molar-refractivity contribution in [1.82, 2.24) is 4.90 Å². The summed E-state index contributed by atoms with van der Waals surface area (Å²) in [6.07, 6.45) is 1.48. The van der Waals surface area contributed by atoms with Crippen LogP contribution >= 0.6 is 15.9 Å². The van der Waals surface area contributed by atoms with E-state index >= 15 is 0 Å². The fourth-order valence-corrected chi connectivity index (χ4v) is 2.63. The topological polar surface area (TPSA) is 58.4 Å². The molecule has 2 rings (SSSR count). The van der Waals surface area contributed by atoms with E-state index in [1.54, 1.807) is 4.90 Å². The van der Waals surface area contributed by atoms with E-state index < -0.39 is 0 Å². The Hall–Kier alpha value is -1.23. The molecule has 98 valence electrons. The quantitative estimate of drug-likeness (QED) is 0.824. The Balaban J connectivity index is 2.10. The number of anilines is 2. The van der Waals surface area contributed by atoms with E-state index in [-0.39, 0.29) is 5.91 Å². The van der Waals surface area contributed by atoms with Crippen LogP contribution in [0.1, 0.15) is 18.4 Å². The molecule has 1 amide bonds. The van der Waals surface area contributed by atoms with E-state index in [1.165, 1.54) is 0 Å². The summed E-state index contributed by atoms with van der Waals surface area (Å²) in [4.78, 5) is 13.2. The molecule has 1 fully saturated rings. The van der Waals surface area contributed by atoms with Crippen molar-refractivity contribution in [3.05, 3.63) is 22.2 Å². The Morgan fingerprint density at radius 3 is 2.89 bits per heavy atom. The number of nitrogen functional groups attached to an aromatic ring is 1. The summed E-state index contributed by atoms with van der Waals surface area (Å²) in [5.41, 5.74) is 8.73. The van der Waals surface area contributed by atoms with Crippen LogP contribution in [-0.2, 0) is 4.79 Å². The van der Waals surface area contributed by atoms with Gasteiger partial charge >= 0.3 is 0 Å². The van der Waals surface area contributed by atoms with Crippen molar-refractivity contribution in [3.63, 3.8) is 0 Å². The van der Waals surface area contributed by atoms with Crippen LogP contribution in [0.5, 0.6) is 0 Å². The first kappa shape index (κ1) is 13.2. The van der Waals surface area contributed by atoms with Crippen molar-refractivity contribution in [2.24, 2.45) is 0 Å². The summed E-state index contributed by atoms with van der Waals surface area (Å²) in [6, 6.07) is 4.25. The van der Waals surface area contributed by atoms with Crippen LogP contribution in [0.15, 0.2) is 16.6 Å². The number of piperidine rings is 1. The maximum atomic E-state index is 11.4. The molecule has 0 aliphatic carbocycles. The highest BCUT2D eigenvalue weighted by atomic mass is 79.9. The highest BCUT2D eigenvalue weighted by Crippen LogP contribution is 2.29. The molecule has 1 aromatic rings. The smallest absolute Gasteiger partial charge is 0.222 e. The summed E-state index contributed by atoms with van der Waals surface area (Å²) in [7, 11) is 1.85. The lowest BCUT2D eigenvalue weighted by Gasteiger charge is -2.31. The molecule has 1 aliphatic rings. The van der Waals surface area contributed by atoms with Gasteiger partial charge in [-0.05, 0) is 47.0 Å². The van der Waals surface area contributed by atoms with Gasteiger partial charge in [-0.25, -0.2) is 0 Å². The van der Waals surface area contributed by atoms with Crippen molar-refractivity contribution in [2.75, 3.05) is 24.6 Å². The maximum Gasteiger partial charge on any atom is 0.222 e. The zero-order valence-corrected chi connectivity index (χ0v) is 12.3. The number of nitrogens with one attached hydrogen (secondary N) is 1. The molecule has 0 spiro atoms. The fourth-order valence-electron chi connectivity index (χ4n) is 2.16. The Kier molecular flexibility index (Phi) is 3.80. The van der Waals surface area contributed by atoms with Crippen molar-refractivity contribution >= 4 is 33.2 Å². The molecule has 1 atom stereocenters. The molecule has 3 N–H and O–H groups in total. The fraction of sp³-hybridized carbons (Fsp3) is 0.462. The third-order valence-corrected chi connectivity index (χ3v) is 4.00. The van der Waals surface area contributed by atoms with Crippen molar-refractivity contribution in [2.45, 2.75) is 25.8 Å². The van der Waals surface area contributed by atoms with Crippen LogP contribution in [0, 0.1) is 6.92 Å². The van der Waals surface area contributed by atoms with Crippen LogP contribution in [-0.4, -0.2) is 30.4 Å². The number of amides is 1. The van der Waals surface area contributed by atoms with Gasteiger partial charge in [0.1, 0.15) is 0 Å². The highest BCUT2D eigenvalue weighted by Gasteiger charge is 2.23. The molecule has 1 aliphatic heterocycles. The van der Waals surface area contributed by atoms with Crippen LogP contribution in [0.4, 0.5) is 11.4 Å². The van der Waals surface area contributed by atoms with Gasteiger partial charge in [0, 0.05) is 41.9 Å². The molecule has 0 bridgehead atoms. The number of carbonyl (C=O) groups excluding carboxylic acids is 1. The first-order chi connectivity index (χ1) is 8.47. The summed E-state index contributed by atoms with van der Waals surface area (Å²) >= 11 is 3.51. The zero-order valence-electron chi connectivity index (χ0n) is 10.7. The Morgan fingerprint density at radius 2 is 2.22 bits per heavy atom. The van der Waals surface area contributed by atoms with Gasteiger partial charge in [-0.1, -0.05) is 0 Å². The summed E-state index contributed by atoms with van der Waals surface area (Å²) < 4.78 is 0.963. The normalized spacial score (nSPS) is 20.1. The number of carbonyl (C=O) groups is 1. The second kappa shape index (κ2) is 5.18. The molecule has 1 aromatic carbocycles.